The van der Waals surface area contributed by atoms with Crippen molar-refractivity contribution in [2.75, 3.05) is 5.73 Å². The number of aromatic nitrogens is 1. The molecule has 0 spiro atoms. The van der Waals surface area contributed by atoms with Gasteiger partial charge in [-0.3, -0.25) is 9.11 Å². The molecule has 0 radical (unpaired) electrons. The lowest BCUT2D eigenvalue weighted by Gasteiger charge is -1.80. The smallest absolute Gasteiger partial charge is 0.375 e. The van der Waals surface area contributed by atoms with Gasteiger partial charge in [-0.05, 0) is 12.1 Å². The van der Waals surface area contributed by atoms with Gasteiger partial charge in [-0.15, -0.1) is 0 Å². The Hall–Kier alpha value is -1.22. The van der Waals surface area contributed by atoms with Crippen LogP contribution in [0.5, 0.6) is 0 Å². The molecule has 1 aromatic carbocycles. The molecule has 0 atom stereocenters. The van der Waals surface area contributed by atoms with E-state index in [9.17, 15) is 0 Å². The highest BCUT2D eigenvalue weighted by molar-refractivity contribution is 7.79. The Balaban J connectivity index is 0.000000195. The molecule has 0 unspecified atom stereocenters. The molecule has 0 fully saturated rings. The van der Waals surface area contributed by atoms with Crippen molar-refractivity contribution < 1.29 is 17.5 Å². The van der Waals surface area contributed by atoms with Crippen molar-refractivity contribution in [3.05, 3.63) is 24.3 Å². The predicted molar refractivity (Wildman–Crippen MR) is 58.2 cm³/mol. The number of rotatable bonds is 0. The molecule has 2 aromatic rings. The summed E-state index contributed by atoms with van der Waals surface area (Å²) in [7, 11) is -4.67. The first kappa shape index (κ1) is 11.9. The summed E-state index contributed by atoms with van der Waals surface area (Å²) in [6.07, 6.45) is 0. The maximum Gasteiger partial charge on any atom is 0.394 e. The van der Waals surface area contributed by atoms with Crippen LogP contribution in [0, 0.1) is 0 Å². The first-order chi connectivity index (χ1) is 6.86. The Morgan fingerprint density at radius 2 is 1.80 bits per heavy atom. The van der Waals surface area contributed by atoms with Gasteiger partial charge in [0.2, 0.25) is 0 Å². The molecule has 0 aliphatic rings. The molecule has 4 N–H and O–H groups in total. The summed E-state index contributed by atoms with van der Waals surface area (Å²) in [4.78, 5) is 4.11. The van der Waals surface area contributed by atoms with Crippen LogP contribution >= 0.6 is 11.3 Å². The van der Waals surface area contributed by atoms with Crippen LogP contribution in [-0.2, 0) is 10.4 Å². The number of hydrogen-bond acceptors (Lipinski definition) is 5. The van der Waals surface area contributed by atoms with Crippen LogP contribution in [0.3, 0.4) is 0 Å². The third-order valence-corrected chi connectivity index (χ3v) is 2.18. The molecule has 82 valence electrons. The van der Waals surface area contributed by atoms with Gasteiger partial charge in [-0.2, -0.15) is 8.42 Å². The van der Waals surface area contributed by atoms with Gasteiger partial charge in [-0.1, -0.05) is 23.5 Å². The number of fused-ring (bicyclic) bond motifs is 1. The van der Waals surface area contributed by atoms with Crippen LogP contribution in [0.25, 0.3) is 10.2 Å². The van der Waals surface area contributed by atoms with Crippen molar-refractivity contribution in [1.82, 2.24) is 4.98 Å². The molecular formula is C7H8N2O4S2. The van der Waals surface area contributed by atoms with E-state index in [-0.39, 0.29) is 0 Å². The normalized spacial score (nSPS) is 10.8. The van der Waals surface area contributed by atoms with Gasteiger partial charge < -0.3 is 5.73 Å². The van der Waals surface area contributed by atoms with Crippen molar-refractivity contribution in [1.29, 1.82) is 0 Å². The molecule has 8 heteroatoms. The van der Waals surface area contributed by atoms with Gasteiger partial charge in [0.15, 0.2) is 5.13 Å². The highest BCUT2D eigenvalue weighted by atomic mass is 32.3. The Labute approximate surface area is 90.0 Å². The third kappa shape index (κ3) is 4.70. The van der Waals surface area contributed by atoms with Gasteiger partial charge in [0.25, 0.3) is 0 Å². The van der Waals surface area contributed by atoms with E-state index in [1.165, 1.54) is 11.3 Å². The Morgan fingerprint density at radius 1 is 1.27 bits per heavy atom. The summed E-state index contributed by atoms with van der Waals surface area (Å²) in [6, 6.07) is 7.92. The summed E-state index contributed by atoms with van der Waals surface area (Å²) < 4.78 is 32.7. The number of nitrogens with zero attached hydrogens (tertiary/aromatic N) is 1. The second kappa shape index (κ2) is 4.53. The van der Waals surface area contributed by atoms with Gasteiger partial charge in [-0.25, -0.2) is 4.98 Å². The standard InChI is InChI=1S/C7H6N2S.H2O4S/c8-7-9-5-3-1-2-4-6(5)10-7;1-5(2,3)4/h1-4H,(H2,8,9);(H2,1,2,3,4). The average molecular weight is 248 g/mol. The molecular weight excluding hydrogens is 240 g/mol. The minimum Gasteiger partial charge on any atom is -0.375 e. The van der Waals surface area contributed by atoms with Crippen molar-refractivity contribution in [3.8, 4) is 0 Å². The molecule has 15 heavy (non-hydrogen) atoms. The first-order valence-corrected chi connectivity index (χ1v) is 5.88. The topological polar surface area (TPSA) is 114 Å². The Kier molecular flexibility index (Phi) is 3.58. The van der Waals surface area contributed by atoms with E-state index in [1.807, 2.05) is 24.3 Å². The van der Waals surface area contributed by atoms with Gasteiger partial charge in [0, 0.05) is 0 Å². The quantitative estimate of drug-likeness (QED) is 0.604. The van der Waals surface area contributed by atoms with Crippen molar-refractivity contribution in [3.63, 3.8) is 0 Å². The van der Waals surface area contributed by atoms with Gasteiger partial charge in [0.05, 0.1) is 10.2 Å². The maximum absolute atomic E-state index is 8.74. The minimum atomic E-state index is -4.67. The molecule has 2 rings (SSSR count). The number of nitrogens with two attached hydrogens (primary N) is 1. The Bertz CT molecular complexity index is 508. The molecule has 1 heterocycles. The lowest BCUT2D eigenvalue weighted by molar-refractivity contribution is 0.381. The molecule has 0 aliphatic heterocycles. The maximum atomic E-state index is 8.74. The molecule has 1 aromatic heterocycles. The van der Waals surface area contributed by atoms with Crippen molar-refractivity contribution >= 4 is 37.1 Å². The fourth-order valence-corrected chi connectivity index (χ4v) is 1.62. The van der Waals surface area contributed by atoms with Crippen LogP contribution in [-0.4, -0.2) is 22.5 Å². The zero-order valence-corrected chi connectivity index (χ0v) is 8.99. The average Bonchev–Trinajstić information content (AvgIpc) is 2.40. The van der Waals surface area contributed by atoms with Crippen molar-refractivity contribution in [2.24, 2.45) is 0 Å². The number of hydrogen-bond donors (Lipinski definition) is 3. The second-order valence-electron chi connectivity index (χ2n) is 2.47. The number of anilines is 1. The largest absolute Gasteiger partial charge is 0.394 e. The zero-order valence-electron chi connectivity index (χ0n) is 7.36. The molecule has 0 saturated heterocycles. The van der Waals surface area contributed by atoms with E-state index in [2.05, 4.69) is 4.98 Å². The van der Waals surface area contributed by atoms with E-state index < -0.39 is 10.4 Å². The molecule has 6 nitrogen and oxygen atoms in total. The van der Waals surface area contributed by atoms with Crippen LogP contribution in [0.15, 0.2) is 24.3 Å². The summed E-state index contributed by atoms with van der Waals surface area (Å²) in [5.74, 6) is 0. The summed E-state index contributed by atoms with van der Waals surface area (Å²) in [5, 5.41) is 0.640. The highest BCUT2D eigenvalue weighted by Crippen LogP contribution is 2.22. The van der Waals surface area contributed by atoms with Crippen LogP contribution < -0.4 is 5.73 Å². The minimum absolute atomic E-state index is 0.640. The predicted octanol–water partition coefficient (Wildman–Crippen LogP) is 1.23. The van der Waals surface area contributed by atoms with Gasteiger partial charge >= 0.3 is 10.4 Å². The van der Waals surface area contributed by atoms with Crippen LogP contribution in [0.2, 0.25) is 0 Å². The van der Waals surface area contributed by atoms with Crippen molar-refractivity contribution in [2.45, 2.75) is 0 Å². The number of benzene rings is 1. The number of nitrogen functional groups attached to an aromatic ring is 1. The van der Waals surface area contributed by atoms with Crippen LogP contribution in [0.4, 0.5) is 5.13 Å². The van der Waals surface area contributed by atoms with E-state index >= 15 is 0 Å². The molecule has 0 saturated carbocycles. The fraction of sp³-hybridized carbons (Fsp3) is 0. The first-order valence-electron chi connectivity index (χ1n) is 3.67. The fourth-order valence-electron chi connectivity index (χ4n) is 0.890. The van der Waals surface area contributed by atoms with Crippen LogP contribution in [0.1, 0.15) is 0 Å². The number of thiazole rings is 1. The second-order valence-corrected chi connectivity index (χ2v) is 4.43. The van der Waals surface area contributed by atoms with E-state index in [0.29, 0.717) is 5.13 Å². The van der Waals surface area contributed by atoms with E-state index in [1.54, 1.807) is 0 Å². The molecule has 0 amide bonds. The molecule has 0 bridgehead atoms. The Morgan fingerprint density at radius 3 is 2.33 bits per heavy atom. The monoisotopic (exact) mass is 248 g/mol. The van der Waals surface area contributed by atoms with E-state index in [4.69, 9.17) is 23.3 Å². The molecule has 0 aliphatic carbocycles. The highest BCUT2D eigenvalue weighted by Gasteiger charge is 1.96. The lowest BCUT2D eigenvalue weighted by Crippen LogP contribution is -1.89. The summed E-state index contributed by atoms with van der Waals surface area (Å²) >= 11 is 1.52. The zero-order chi connectivity index (χ0) is 11.5. The number of para-hydroxylation sites is 1. The SMILES string of the molecule is Nc1nc2ccccc2s1.O=S(=O)(O)O. The summed E-state index contributed by atoms with van der Waals surface area (Å²) in [6.45, 7) is 0. The summed E-state index contributed by atoms with van der Waals surface area (Å²) in [5.41, 5.74) is 6.49. The lowest BCUT2D eigenvalue weighted by atomic mass is 10.3. The van der Waals surface area contributed by atoms with E-state index in [0.717, 1.165) is 10.2 Å². The van der Waals surface area contributed by atoms with Gasteiger partial charge in [0.1, 0.15) is 0 Å². The third-order valence-electron chi connectivity index (χ3n) is 1.31.